The van der Waals surface area contributed by atoms with Gasteiger partial charge in [0.05, 0.1) is 10.5 Å². The normalized spacial score (nSPS) is 20.6. The van der Waals surface area contributed by atoms with E-state index in [1.54, 1.807) is 0 Å². The minimum absolute atomic E-state index is 0.103. The van der Waals surface area contributed by atoms with E-state index in [2.05, 4.69) is 0 Å². The van der Waals surface area contributed by atoms with Gasteiger partial charge in [0.25, 0.3) is 17.5 Å². The molecule has 9 nitrogen and oxygen atoms in total. The van der Waals surface area contributed by atoms with Crippen molar-refractivity contribution in [2.45, 2.75) is 18.9 Å². The van der Waals surface area contributed by atoms with Crippen LogP contribution in [0, 0.1) is 15.9 Å². The third-order valence-electron chi connectivity index (χ3n) is 3.72. The second kappa shape index (κ2) is 4.93. The molecule has 0 aromatic heterocycles. The fourth-order valence-corrected chi connectivity index (χ4v) is 2.69. The summed E-state index contributed by atoms with van der Waals surface area (Å²) in [5.41, 5.74) is -2.12. The third kappa shape index (κ3) is 2.06. The van der Waals surface area contributed by atoms with Crippen LogP contribution in [-0.4, -0.2) is 39.5 Å². The van der Waals surface area contributed by atoms with Crippen LogP contribution in [-0.2, 0) is 9.59 Å². The average Bonchev–Trinajstić information content (AvgIpc) is 2.73. The molecule has 0 radical (unpaired) electrons. The van der Waals surface area contributed by atoms with E-state index in [0.29, 0.717) is 4.90 Å². The number of carbonyl (C=O) groups is 4. The quantitative estimate of drug-likeness (QED) is 0.469. The first kappa shape index (κ1) is 14.8. The Kier molecular flexibility index (Phi) is 3.17. The summed E-state index contributed by atoms with van der Waals surface area (Å²) in [7, 11) is 0. The topological polar surface area (TPSA) is 127 Å². The number of nitro groups is 1. The van der Waals surface area contributed by atoms with Crippen LogP contribution in [0.25, 0.3) is 0 Å². The van der Waals surface area contributed by atoms with Crippen LogP contribution in [0.1, 0.15) is 33.6 Å². The lowest BCUT2D eigenvalue weighted by atomic mass is 10.0. The molecule has 2 aliphatic heterocycles. The zero-order chi connectivity index (χ0) is 16.9. The summed E-state index contributed by atoms with van der Waals surface area (Å²) in [5.74, 6) is -4.76. The molecule has 1 fully saturated rings. The molecule has 1 aromatic carbocycles. The monoisotopic (exact) mass is 321 g/mol. The van der Waals surface area contributed by atoms with Crippen molar-refractivity contribution in [3.8, 4) is 0 Å². The summed E-state index contributed by atoms with van der Waals surface area (Å²) >= 11 is 0. The van der Waals surface area contributed by atoms with Gasteiger partial charge < -0.3 is 0 Å². The Bertz CT molecular complexity index is 805. The zero-order valence-electron chi connectivity index (χ0n) is 11.4. The first-order chi connectivity index (χ1) is 10.8. The molecule has 118 valence electrons. The summed E-state index contributed by atoms with van der Waals surface area (Å²) in [5, 5.41) is 13.0. The Labute approximate surface area is 127 Å². The molecule has 1 aromatic rings. The molecule has 1 saturated heterocycles. The minimum atomic E-state index is -1.31. The summed E-state index contributed by atoms with van der Waals surface area (Å²) in [6, 6.07) is 0.197. The molecular formula is C13H8FN3O6. The number of hydrogen-bond donors (Lipinski definition) is 1. The maximum Gasteiger partial charge on any atom is 0.283 e. The summed E-state index contributed by atoms with van der Waals surface area (Å²) in [4.78, 5) is 58.2. The van der Waals surface area contributed by atoms with Crippen LogP contribution in [0.4, 0.5) is 10.1 Å². The van der Waals surface area contributed by atoms with Crippen LogP contribution in [0.15, 0.2) is 12.1 Å². The lowest BCUT2D eigenvalue weighted by Crippen LogP contribution is -2.54. The highest BCUT2D eigenvalue weighted by atomic mass is 19.1. The van der Waals surface area contributed by atoms with Gasteiger partial charge >= 0.3 is 0 Å². The molecule has 1 N–H and O–H groups in total. The van der Waals surface area contributed by atoms with Crippen LogP contribution in [0.5, 0.6) is 0 Å². The van der Waals surface area contributed by atoms with E-state index in [0.717, 1.165) is 12.1 Å². The van der Waals surface area contributed by atoms with Crippen LogP contribution in [0.2, 0.25) is 0 Å². The lowest BCUT2D eigenvalue weighted by Gasteiger charge is -2.27. The van der Waals surface area contributed by atoms with E-state index < -0.39 is 57.2 Å². The summed E-state index contributed by atoms with van der Waals surface area (Å²) in [6.45, 7) is 0. The van der Waals surface area contributed by atoms with E-state index in [9.17, 15) is 33.7 Å². The molecule has 4 amide bonds. The largest absolute Gasteiger partial charge is 0.295 e. The summed E-state index contributed by atoms with van der Waals surface area (Å²) < 4.78 is 13.9. The highest BCUT2D eigenvalue weighted by Gasteiger charge is 2.49. The predicted molar refractivity (Wildman–Crippen MR) is 69.7 cm³/mol. The van der Waals surface area contributed by atoms with E-state index in [4.69, 9.17) is 0 Å². The molecule has 1 unspecified atom stereocenters. The van der Waals surface area contributed by atoms with Crippen molar-refractivity contribution in [2.75, 3.05) is 0 Å². The molecule has 3 rings (SSSR count). The number of hydrogen-bond acceptors (Lipinski definition) is 6. The van der Waals surface area contributed by atoms with Crippen molar-refractivity contribution in [3.63, 3.8) is 0 Å². The number of piperidine rings is 1. The number of halogens is 1. The van der Waals surface area contributed by atoms with Crippen molar-refractivity contribution >= 4 is 29.3 Å². The van der Waals surface area contributed by atoms with Crippen molar-refractivity contribution in [1.82, 2.24) is 10.2 Å². The molecule has 0 bridgehead atoms. The van der Waals surface area contributed by atoms with Crippen molar-refractivity contribution < 1.29 is 28.5 Å². The number of nitro benzene ring substituents is 1. The van der Waals surface area contributed by atoms with Crippen LogP contribution in [0.3, 0.4) is 0 Å². The van der Waals surface area contributed by atoms with Gasteiger partial charge in [0.2, 0.25) is 11.8 Å². The van der Waals surface area contributed by atoms with Gasteiger partial charge in [0.15, 0.2) is 0 Å². The Morgan fingerprint density at radius 3 is 2.43 bits per heavy atom. The standard InChI is InChI=1S/C13H8FN3O6/c14-5-1-2-6(17(22)23)10-9(5)12(20)16(13(10)21)7-3-4-8(18)15-11(7)19/h1-2,7H,3-4H2,(H,15,18,19). The Morgan fingerprint density at radius 1 is 1.17 bits per heavy atom. The Hall–Kier alpha value is -3.17. The average molecular weight is 321 g/mol. The van der Waals surface area contributed by atoms with Gasteiger partial charge in [-0.1, -0.05) is 0 Å². The fraction of sp³-hybridized carbons (Fsp3) is 0.231. The van der Waals surface area contributed by atoms with Gasteiger partial charge in [-0.05, 0) is 12.5 Å². The van der Waals surface area contributed by atoms with E-state index >= 15 is 0 Å². The highest BCUT2D eigenvalue weighted by molar-refractivity contribution is 6.25. The number of nitrogens with one attached hydrogen (secondary N) is 1. The SMILES string of the molecule is O=C1CCC(N2C(=O)c3c(F)ccc([N+](=O)[O-])c3C2=O)C(=O)N1. The van der Waals surface area contributed by atoms with Gasteiger partial charge in [0, 0.05) is 12.5 Å². The molecule has 23 heavy (non-hydrogen) atoms. The second-order valence-electron chi connectivity index (χ2n) is 5.02. The highest BCUT2D eigenvalue weighted by Crippen LogP contribution is 2.34. The molecule has 2 aliphatic rings. The van der Waals surface area contributed by atoms with Crippen LogP contribution >= 0.6 is 0 Å². The van der Waals surface area contributed by atoms with Gasteiger partial charge in [-0.2, -0.15) is 0 Å². The fourth-order valence-electron chi connectivity index (χ4n) is 2.69. The number of imide groups is 2. The van der Waals surface area contributed by atoms with Crippen molar-refractivity contribution in [1.29, 1.82) is 0 Å². The first-order valence-corrected chi connectivity index (χ1v) is 6.51. The molecule has 0 saturated carbocycles. The Balaban J connectivity index is 2.09. The number of fused-ring (bicyclic) bond motifs is 1. The van der Waals surface area contributed by atoms with Gasteiger partial charge in [-0.15, -0.1) is 0 Å². The maximum absolute atomic E-state index is 13.9. The number of rotatable bonds is 2. The molecule has 10 heteroatoms. The third-order valence-corrected chi connectivity index (χ3v) is 3.72. The number of carbonyl (C=O) groups excluding carboxylic acids is 4. The smallest absolute Gasteiger partial charge is 0.283 e. The molecule has 0 spiro atoms. The lowest BCUT2D eigenvalue weighted by molar-refractivity contribution is -0.385. The van der Waals surface area contributed by atoms with Crippen LogP contribution < -0.4 is 5.32 Å². The number of benzene rings is 1. The molecular weight excluding hydrogens is 313 g/mol. The van der Waals surface area contributed by atoms with E-state index in [1.807, 2.05) is 5.32 Å². The van der Waals surface area contributed by atoms with Gasteiger partial charge in [-0.3, -0.25) is 39.5 Å². The number of amides is 4. The Morgan fingerprint density at radius 2 is 1.83 bits per heavy atom. The number of nitrogens with zero attached hydrogens (tertiary/aromatic N) is 2. The maximum atomic E-state index is 13.9. The predicted octanol–water partition coefficient (Wildman–Crippen LogP) is 0.135. The van der Waals surface area contributed by atoms with E-state index in [-0.39, 0.29) is 12.8 Å². The second-order valence-corrected chi connectivity index (χ2v) is 5.02. The molecule has 2 heterocycles. The first-order valence-electron chi connectivity index (χ1n) is 6.51. The van der Waals surface area contributed by atoms with Crippen molar-refractivity contribution in [2.24, 2.45) is 0 Å². The van der Waals surface area contributed by atoms with Crippen molar-refractivity contribution in [3.05, 3.63) is 39.2 Å². The molecule has 1 atom stereocenters. The van der Waals surface area contributed by atoms with Gasteiger partial charge in [0.1, 0.15) is 17.4 Å². The van der Waals surface area contributed by atoms with Gasteiger partial charge in [-0.25, -0.2) is 4.39 Å². The molecule has 0 aliphatic carbocycles. The summed E-state index contributed by atoms with van der Waals surface area (Å²) in [6.07, 6.45) is -0.222. The van der Waals surface area contributed by atoms with E-state index in [1.165, 1.54) is 0 Å². The minimum Gasteiger partial charge on any atom is -0.295 e. The zero-order valence-corrected chi connectivity index (χ0v) is 11.4.